The predicted molar refractivity (Wildman–Crippen MR) is 83.4 cm³/mol. The number of carbonyl (C=O) groups is 1. The van der Waals surface area contributed by atoms with Gasteiger partial charge in [-0.25, -0.2) is 4.79 Å². The molecule has 110 valence electrons. The summed E-state index contributed by atoms with van der Waals surface area (Å²) in [6.07, 6.45) is -0.815. The van der Waals surface area contributed by atoms with Gasteiger partial charge in [0, 0.05) is 11.4 Å². The molecule has 0 bridgehead atoms. The van der Waals surface area contributed by atoms with Gasteiger partial charge in [-0.1, -0.05) is 47.5 Å². The lowest BCUT2D eigenvalue weighted by Crippen LogP contribution is -2.29. The Morgan fingerprint density at radius 2 is 1.90 bits per heavy atom. The number of aliphatic carboxylic acids is 1. The van der Waals surface area contributed by atoms with Crippen molar-refractivity contribution in [2.45, 2.75) is 19.4 Å². The van der Waals surface area contributed by atoms with Crippen LogP contribution in [0.1, 0.15) is 11.1 Å². The van der Waals surface area contributed by atoms with Gasteiger partial charge in [-0.05, 0) is 36.2 Å². The second-order valence-electron chi connectivity index (χ2n) is 4.66. The van der Waals surface area contributed by atoms with Crippen LogP contribution in [0.4, 0.5) is 0 Å². The fraction of sp³-hybridized carbons (Fsp3) is 0.188. The topological polar surface area (TPSA) is 46.5 Å². The summed E-state index contributed by atoms with van der Waals surface area (Å²) in [5.74, 6) is -0.698. The van der Waals surface area contributed by atoms with Crippen molar-refractivity contribution in [1.82, 2.24) is 0 Å². The maximum absolute atomic E-state index is 11.4. The van der Waals surface area contributed by atoms with Crippen LogP contribution in [-0.2, 0) is 11.2 Å². The van der Waals surface area contributed by atoms with Gasteiger partial charge in [0.2, 0.25) is 0 Å². The smallest absolute Gasteiger partial charge is 0.345 e. The molecular formula is C16H14Cl2O3. The van der Waals surface area contributed by atoms with Crippen LogP contribution in [0.15, 0.2) is 42.5 Å². The van der Waals surface area contributed by atoms with E-state index in [2.05, 4.69) is 0 Å². The van der Waals surface area contributed by atoms with Gasteiger partial charge in [0.25, 0.3) is 0 Å². The summed E-state index contributed by atoms with van der Waals surface area (Å²) in [6.45, 7) is 1.89. The molecule has 0 aliphatic carbocycles. The number of benzene rings is 2. The zero-order chi connectivity index (χ0) is 15.4. The van der Waals surface area contributed by atoms with Gasteiger partial charge in [-0.15, -0.1) is 0 Å². The van der Waals surface area contributed by atoms with Gasteiger partial charge in [0.1, 0.15) is 5.75 Å². The minimum Gasteiger partial charge on any atom is -0.478 e. The maximum atomic E-state index is 11.4. The average Bonchev–Trinajstić information content (AvgIpc) is 2.44. The largest absolute Gasteiger partial charge is 0.478 e. The minimum absolute atomic E-state index is 0.209. The molecule has 5 heteroatoms. The third kappa shape index (κ3) is 4.13. The fourth-order valence-electron chi connectivity index (χ4n) is 1.85. The number of para-hydroxylation sites is 1. The van der Waals surface area contributed by atoms with E-state index in [-0.39, 0.29) is 6.42 Å². The number of carboxylic acids is 1. The highest BCUT2D eigenvalue weighted by molar-refractivity contribution is 6.32. The quantitative estimate of drug-likeness (QED) is 0.887. The van der Waals surface area contributed by atoms with Gasteiger partial charge in [0.15, 0.2) is 6.10 Å². The standard InChI is InChI=1S/C16H14Cl2O3/c1-10-6-7-11(8-13(10)18)9-15(16(19)20)21-14-5-3-2-4-12(14)17/h2-8,15H,9H2,1H3,(H,19,20). The van der Waals surface area contributed by atoms with Gasteiger partial charge in [0.05, 0.1) is 5.02 Å². The van der Waals surface area contributed by atoms with E-state index >= 15 is 0 Å². The lowest BCUT2D eigenvalue weighted by molar-refractivity contribution is -0.145. The zero-order valence-electron chi connectivity index (χ0n) is 11.3. The van der Waals surface area contributed by atoms with E-state index < -0.39 is 12.1 Å². The Bertz CT molecular complexity index is 656. The highest BCUT2D eigenvalue weighted by Crippen LogP contribution is 2.25. The number of hydrogen-bond acceptors (Lipinski definition) is 2. The molecule has 1 unspecified atom stereocenters. The molecule has 0 fully saturated rings. The van der Waals surface area contributed by atoms with E-state index in [0.29, 0.717) is 15.8 Å². The number of ether oxygens (including phenoxy) is 1. The first-order valence-electron chi connectivity index (χ1n) is 6.36. The Hall–Kier alpha value is -1.71. The Morgan fingerprint density at radius 3 is 2.52 bits per heavy atom. The predicted octanol–water partition coefficient (Wildman–Crippen LogP) is 4.38. The van der Waals surface area contributed by atoms with Crippen LogP contribution in [0.3, 0.4) is 0 Å². The first-order chi connectivity index (χ1) is 9.97. The molecule has 0 radical (unpaired) electrons. The first kappa shape index (κ1) is 15.7. The molecule has 0 aliphatic rings. The molecule has 21 heavy (non-hydrogen) atoms. The van der Waals surface area contributed by atoms with Crippen molar-refractivity contribution in [3.8, 4) is 5.75 Å². The van der Waals surface area contributed by atoms with Crippen LogP contribution < -0.4 is 4.74 Å². The first-order valence-corrected chi connectivity index (χ1v) is 7.12. The molecular weight excluding hydrogens is 311 g/mol. The molecule has 0 saturated carbocycles. The maximum Gasteiger partial charge on any atom is 0.345 e. The average molecular weight is 325 g/mol. The minimum atomic E-state index is -1.05. The number of carboxylic acid groups (broad SMARTS) is 1. The number of rotatable bonds is 5. The van der Waals surface area contributed by atoms with Crippen molar-refractivity contribution in [3.05, 3.63) is 63.6 Å². The van der Waals surface area contributed by atoms with Crippen LogP contribution >= 0.6 is 23.2 Å². The summed E-state index contributed by atoms with van der Waals surface area (Å²) in [7, 11) is 0. The van der Waals surface area contributed by atoms with E-state index in [4.69, 9.17) is 27.9 Å². The molecule has 0 amide bonds. The van der Waals surface area contributed by atoms with Crippen LogP contribution in [-0.4, -0.2) is 17.2 Å². The molecule has 1 atom stereocenters. The summed E-state index contributed by atoms with van der Waals surface area (Å²) < 4.78 is 5.51. The summed E-state index contributed by atoms with van der Waals surface area (Å²) in [6, 6.07) is 12.2. The molecule has 2 rings (SSSR count). The highest BCUT2D eigenvalue weighted by atomic mass is 35.5. The lowest BCUT2D eigenvalue weighted by atomic mass is 10.1. The van der Waals surface area contributed by atoms with E-state index in [1.807, 2.05) is 19.1 Å². The second-order valence-corrected chi connectivity index (χ2v) is 5.48. The van der Waals surface area contributed by atoms with Crippen LogP contribution in [0, 0.1) is 6.92 Å². The van der Waals surface area contributed by atoms with E-state index in [9.17, 15) is 9.90 Å². The lowest BCUT2D eigenvalue weighted by Gasteiger charge is -2.16. The van der Waals surface area contributed by atoms with Crippen LogP contribution in [0.5, 0.6) is 5.75 Å². The summed E-state index contributed by atoms with van der Waals surface area (Å²) >= 11 is 12.0. The number of halogens is 2. The monoisotopic (exact) mass is 324 g/mol. The van der Waals surface area contributed by atoms with Crippen LogP contribution in [0.25, 0.3) is 0 Å². The zero-order valence-corrected chi connectivity index (χ0v) is 12.9. The molecule has 0 heterocycles. The molecule has 1 N–H and O–H groups in total. The van der Waals surface area contributed by atoms with E-state index in [1.54, 1.807) is 30.3 Å². The molecule has 0 aliphatic heterocycles. The number of aryl methyl sites for hydroxylation is 1. The highest BCUT2D eigenvalue weighted by Gasteiger charge is 2.21. The van der Waals surface area contributed by atoms with E-state index in [1.165, 1.54) is 0 Å². The summed E-state index contributed by atoms with van der Waals surface area (Å²) in [5.41, 5.74) is 1.74. The van der Waals surface area contributed by atoms with Crippen molar-refractivity contribution < 1.29 is 14.6 Å². The normalized spacial score (nSPS) is 12.0. The molecule has 0 aromatic heterocycles. The summed E-state index contributed by atoms with van der Waals surface area (Å²) in [4.78, 5) is 11.4. The Labute approximate surface area is 133 Å². The van der Waals surface area contributed by atoms with Crippen molar-refractivity contribution in [2.24, 2.45) is 0 Å². The van der Waals surface area contributed by atoms with Crippen molar-refractivity contribution in [1.29, 1.82) is 0 Å². The van der Waals surface area contributed by atoms with Gasteiger partial charge >= 0.3 is 5.97 Å². The van der Waals surface area contributed by atoms with Crippen LogP contribution in [0.2, 0.25) is 10.0 Å². The molecule has 2 aromatic rings. The Morgan fingerprint density at radius 1 is 1.19 bits per heavy atom. The van der Waals surface area contributed by atoms with Gasteiger partial charge < -0.3 is 9.84 Å². The van der Waals surface area contributed by atoms with E-state index in [0.717, 1.165) is 11.1 Å². The van der Waals surface area contributed by atoms with Gasteiger partial charge in [-0.3, -0.25) is 0 Å². The molecule has 0 spiro atoms. The third-order valence-corrected chi connectivity index (χ3v) is 3.76. The molecule has 3 nitrogen and oxygen atoms in total. The molecule has 0 saturated heterocycles. The Kier molecular flexibility index (Phi) is 5.10. The third-order valence-electron chi connectivity index (χ3n) is 3.04. The Balaban J connectivity index is 2.18. The fourth-order valence-corrected chi connectivity index (χ4v) is 2.23. The van der Waals surface area contributed by atoms with Gasteiger partial charge in [-0.2, -0.15) is 0 Å². The van der Waals surface area contributed by atoms with Crippen molar-refractivity contribution in [2.75, 3.05) is 0 Å². The second kappa shape index (κ2) is 6.83. The molecule has 2 aromatic carbocycles. The number of hydrogen-bond donors (Lipinski definition) is 1. The summed E-state index contributed by atoms with van der Waals surface area (Å²) in [5, 5.41) is 10.3. The van der Waals surface area contributed by atoms with Crippen molar-refractivity contribution in [3.63, 3.8) is 0 Å². The van der Waals surface area contributed by atoms with Crippen molar-refractivity contribution >= 4 is 29.2 Å². The SMILES string of the molecule is Cc1ccc(CC(Oc2ccccc2Cl)C(=O)O)cc1Cl.